The van der Waals surface area contributed by atoms with Crippen molar-refractivity contribution in [3.05, 3.63) is 85.5 Å². The van der Waals surface area contributed by atoms with E-state index in [1.807, 2.05) is 6.92 Å². The highest BCUT2D eigenvalue weighted by molar-refractivity contribution is 5.59. The van der Waals surface area contributed by atoms with Crippen molar-refractivity contribution in [1.29, 1.82) is 0 Å². The Labute approximate surface area is 256 Å². The average Bonchev–Trinajstić information content (AvgIpc) is 2.82. The molecule has 0 aliphatic carbocycles. The van der Waals surface area contributed by atoms with E-state index in [1.54, 1.807) is 0 Å². The van der Waals surface area contributed by atoms with Crippen LogP contribution < -0.4 is 0 Å². The Morgan fingerprint density at radius 3 is 0.976 bits per heavy atom. The quantitative estimate of drug-likeness (QED) is 0.291. The second-order valence-electron chi connectivity index (χ2n) is 16.6. The Hall–Kier alpha value is -2.94. The van der Waals surface area contributed by atoms with Crippen LogP contribution in [0.5, 0.6) is 17.2 Å². The third-order valence-corrected chi connectivity index (χ3v) is 8.92. The van der Waals surface area contributed by atoms with Crippen molar-refractivity contribution in [3.63, 3.8) is 0 Å². The molecular formula is C39H56O3. The molecule has 42 heavy (non-hydrogen) atoms. The summed E-state index contributed by atoms with van der Waals surface area (Å²) in [5.41, 5.74) is 10.3. The maximum atomic E-state index is 11.7. The summed E-state index contributed by atoms with van der Waals surface area (Å²) < 4.78 is 0. The Morgan fingerprint density at radius 2 is 0.690 bits per heavy atom. The number of phenols is 3. The second kappa shape index (κ2) is 11.0. The molecule has 230 valence electrons. The lowest BCUT2D eigenvalue weighted by Gasteiger charge is -2.29. The first-order valence-corrected chi connectivity index (χ1v) is 15.4. The van der Waals surface area contributed by atoms with Gasteiger partial charge in [0.25, 0.3) is 0 Å². The van der Waals surface area contributed by atoms with Gasteiger partial charge in [0.05, 0.1) is 0 Å². The van der Waals surface area contributed by atoms with Crippen LogP contribution in [0.4, 0.5) is 0 Å². The summed E-state index contributed by atoms with van der Waals surface area (Å²) in [6, 6.07) is 8.54. The second-order valence-corrected chi connectivity index (χ2v) is 16.6. The number of phenolic OH excluding ortho intramolecular Hbond substituents is 3. The molecule has 3 aromatic carbocycles. The van der Waals surface area contributed by atoms with Crippen molar-refractivity contribution in [2.24, 2.45) is 0 Å². The predicted molar refractivity (Wildman–Crippen MR) is 179 cm³/mol. The number of rotatable bonds is 4. The highest BCUT2D eigenvalue weighted by Gasteiger charge is 2.29. The van der Waals surface area contributed by atoms with E-state index >= 15 is 0 Å². The van der Waals surface area contributed by atoms with Gasteiger partial charge in [0.2, 0.25) is 0 Å². The van der Waals surface area contributed by atoms with E-state index < -0.39 is 0 Å². The van der Waals surface area contributed by atoms with Crippen molar-refractivity contribution in [3.8, 4) is 17.2 Å². The van der Waals surface area contributed by atoms with Gasteiger partial charge >= 0.3 is 0 Å². The van der Waals surface area contributed by atoms with Gasteiger partial charge in [-0.05, 0) is 104 Å². The van der Waals surface area contributed by atoms with Gasteiger partial charge in [-0.1, -0.05) is 107 Å². The minimum Gasteiger partial charge on any atom is -0.507 e. The van der Waals surface area contributed by atoms with Crippen molar-refractivity contribution in [1.82, 2.24) is 0 Å². The van der Waals surface area contributed by atoms with Gasteiger partial charge in [0.15, 0.2) is 0 Å². The van der Waals surface area contributed by atoms with Crippen LogP contribution in [0.2, 0.25) is 0 Å². The Balaban J connectivity index is 2.32. The molecule has 0 radical (unpaired) electrons. The van der Waals surface area contributed by atoms with Crippen molar-refractivity contribution in [2.45, 2.75) is 138 Å². The number of hydrogen-bond acceptors (Lipinski definition) is 3. The normalized spacial score (nSPS) is 13.1. The highest BCUT2D eigenvalue weighted by atomic mass is 16.3. The van der Waals surface area contributed by atoms with Gasteiger partial charge in [-0.25, -0.2) is 0 Å². The summed E-state index contributed by atoms with van der Waals surface area (Å²) in [4.78, 5) is 0. The van der Waals surface area contributed by atoms with Gasteiger partial charge < -0.3 is 15.3 Å². The first-order valence-electron chi connectivity index (χ1n) is 15.4. The van der Waals surface area contributed by atoms with Crippen LogP contribution in [-0.4, -0.2) is 15.3 Å². The van der Waals surface area contributed by atoms with E-state index in [0.717, 1.165) is 55.6 Å². The largest absolute Gasteiger partial charge is 0.507 e. The molecule has 3 nitrogen and oxygen atoms in total. The van der Waals surface area contributed by atoms with Gasteiger partial charge in [-0.3, -0.25) is 0 Å². The van der Waals surface area contributed by atoms with Crippen molar-refractivity contribution < 1.29 is 15.3 Å². The molecule has 0 aromatic heterocycles. The molecule has 3 aromatic rings. The summed E-state index contributed by atoms with van der Waals surface area (Å²) in [5, 5.41) is 34.3. The molecule has 0 fully saturated rings. The van der Waals surface area contributed by atoms with Crippen LogP contribution in [0.3, 0.4) is 0 Å². The average molecular weight is 573 g/mol. The minimum atomic E-state index is -0.233. The van der Waals surface area contributed by atoms with Crippen LogP contribution in [0.15, 0.2) is 24.3 Å². The molecule has 0 bridgehead atoms. The fourth-order valence-electron chi connectivity index (χ4n) is 6.00. The third-order valence-electron chi connectivity index (χ3n) is 8.92. The molecule has 3 N–H and O–H groups in total. The maximum Gasteiger partial charge on any atom is 0.123 e. The Kier molecular flexibility index (Phi) is 8.76. The summed E-state index contributed by atoms with van der Waals surface area (Å²) in [5.74, 6) is 1.10. The standard InChI is InChI=1S/C39H56O3/c1-22-23(2)27(16-25-18-29(36(4,5)6)34(41)30(19-25)37(7,8)9)28(33(40)24(22)3)17-26-20-31(38(10,11)12)35(42)32(21-26)39(13,14)15/h18-21,40-42H,16-17H2,1-15H3. The molecule has 0 atom stereocenters. The molecule has 0 aliphatic rings. The lowest BCUT2D eigenvalue weighted by atomic mass is 9.76. The summed E-state index contributed by atoms with van der Waals surface area (Å²) in [6.45, 7) is 31.9. The van der Waals surface area contributed by atoms with E-state index in [9.17, 15) is 15.3 Å². The van der Waals surface area contributed by atoms with E-state index in [0.29, 0.717) is 30.1 Å². The van der Waals surface area contributed by atoms with Crippen LogP contribution in [-0.2, 0) is 34.5 Å². The number of benzene rings is 3. The van der Waals surface area contributed by atoms with Crippen molar-refractivity contribution in [2.75, 3.05) is 0 Å². The molecule has 0 unspecified atom stereocenters. The van der Waals surface area contributed by atoms with E-state index in [4.69, 9.17) is 0 Å². The van der Waals surface area contributed by atoms with E-state index in [-0.39, 0.29) is 21.7 Å². The molecule has 3 heteroatoms. The number of aromatic hydroxyl groups is 3. The Bertz CT molecular complexity index is 1310. The smallest absolute Gasteiger partial charge is 0.123 e. The fraction of sp³-hybridized carbons (Fsp3) is 0.538. The lowest BCUT2D eigenvalue weighted by Crippen LogP contribution is -2.18. The zero-order valence-corrected chi connectivity index (χ0v) is 29.1. The summed E-state index contributed by atoms with van der Waals surface area (Å²) in [6.07, 6.45) is 1.21. The van der Waals surface area contributed by atoms with Gasteiger partial charge in [-0.2, -0.15) is 0 Å². The SMILES string of the molecule is Cc1c(C)c(O)c(Cc2cc(C(C)(C)C)c(O)c(C(C)(C)C)c2)c(Cc2cc(C(C)(C)C)c(O)c(C(C)(C)C)c2)c1C. The first kappa shape index (κ1) is 33.6. The maximum absolute atomic E-state index is 11.7. The predicted octanol–water partition coefficient (Wildman–Crippen LogP) is 10.1. The summed E-state index contributed by atoms with van der Waals surface area (Å²) in [7, 11) is 0. The molecule has 0 heterocycles. The topological polar surface area (TPSA) is 60.7 Å². The minimum absolute atomic E-state index is 0.220. The highest BCUT2D eigenvalue weighted by Crippen LogP contribution is 2.43. The zero-order valence-electron chi connectivity index (χ0n) is 29.1. The number of hydrogen-bond donors (Lipinski definition) is 3. The molecule has 0 saturated heterocycles. The molecular weight excluding hydrogens is 516 g/mol. The van der Waals surface area contributed by atoms with Gasteiger partial charge in [0.1, 0.15) is 17.2 Å². The zero-order chi connectivity index (χ0) is 32.3. The van der Waals surface area contributed by atoms with Crippen LogP contribution >= 0.6 is 0 Å². The molecule has 0 amide bonds. The van der Waals surface area contributed by atoms with Crippen LogP contribution in [0.1, 0.15) is 144 Å². The van der Waals surface area contributed by atoms with Crippen molar-refractivity contribution >= 4 is 0 Å². The summed E-state index contributed by atoms with van der Waals surface area (Å²) >= 11 is 0. The van der Waals surface area contributed by atoms with Gasteiger partial charge in [0, 0.05) is 12.0 Å². The molecule has 3 rings (SSSR count). The fourth-order valence-corrected chi connectivity index (χ4v) is 6.00. The lowest BCUT2D eigenvalue weighted by molar-refractivity contribution is 0.421. The Morgan fingerprint density at radius 1 is 0.405 bits per heavy atom. The monoisotopic (exact) mass is 572 g/mol. The van der Waals surface area contributed by atoms with E-state index in [1.165, 1.54) is 5.56 Å². The van der Waals surface area contributed by atoms with Crippen LogP contribution in [0, 0.1) is 20.8 Å². The van der Waals surface area contributed by atoms with E-state index in [2.05, 4.69) is 121 Å². The first-order chi connectivity index (χ1) is 18.9. The van der Waals surface area contributed by atoms with Gasteiger partial charge in [-0.15, -0.1) is 0 Å². The van der Waals surface area contributed by atoms with Crippen LogP contribution in [0.25, 0.3) is 0 Å². The molecule has 0 aliphatic heterocycles. The molecule has 0 spiro atoms. The third kappa shape index (κ3) is 6.66. The molecule has 0 saturated carbocycles.